The van der Waals surface area contributed by atoms with Crippen LogP contribution in [0.1, 0.15) is 54.2 Å². The number of hydrogen-bond donors (Lipinski definition) is 1. The molecule has 0 unspecified atom stereocenters. The average Bonchev–Trinajstić information content (AvgIpc) is 3.40. The van der Waals surface area contributed by atoms with Gasteiger partial charge in [0, 0.05) is 21.5 Å². The van der Waals surface area contributed by atoms with Crippen LogP contribution in [-0.2, 0) is 4.79 Å². The quantitative estimate of drug-likeness (QED) is 0.597. The number of benzene rings is 1. The molecule has 3 aromatic rings. The highest BCUT2D eigenvalue weighted by molar-refractivity contribution is 7.10. The van der Waals surface area contributed by atoms with Crippen LogP contribution in [0, 0.1) is 6.92 Å². The lowest BCUT2D eigenvalue weighted by atomic mass is 10.0. The second kappa shape index (κ2) is 8.84. The first-order valence-electron chi connectivity index (χ1n) is 9.35. The van der Waals surface area contributed by atoms with E-state index in [0.717, 1.165) is 28.4 Å². The molecule has 0 bridgehead atoms. The van der Waals surface area contributed by atoms with Gasteiger partial charge in [-0.05, 0) is 62.3 Å². The van der Waals surface area contributed by atoms with Gasteiger partial charge in [-0.25, -0.2) is 0 Å². The van der Waals surface area contributed by atoms with Crippen LogP contribution in [0.5, 0.6) is 0 Å². The standard InChI is InChI=1S/C21H24N4O2S2/c1-5-21(3,4)22-19(26)18(17-7-6-12-28-17)25(15-10-8-14(2)9-11-15)20(27)16-13-29-24-23-16/h6-13,18H,5H2,1-4H3,(H,22,26)/t18-/m1/s1. The highest BCUT2D eigenvalue weighted by atomic mass is 32.1. The summed E-state index contributed by atoms with van der Waals surface area (Å²) in [5.41, 5.74) is 1.54. The molecule has 3 rings (SSSR count). The number of carbonyl (C=O) groups is 2. The molecule has 1 atom stereocenters. The Bertz CT molecular complexity index is 951. The van der Waals surface area contributed by atoms with Gasteiger partial charge >= 0.3 is 0 Å². The van der Waals surface area contributed by atoms with Crippen LogP contribution in [0.25, 0.3) is 0 Å². The van der Waals surface area contributed by atoms with Crippen LogP contribution in [0.2, 0.25) is 0 Å². The third kappa shape index (κ3) is 4.89. The molecule has 0 aliphatic rings. The van der Waals surface area contributed by atoms with Crippen molar-refractivity contribution in [3.05, 3.63) is 63.3 Å². The van der Waals surface area contributed by atoms with Gasteiger partial charge in [0.05, 0.1) is 0 Å². The van der Waals surface area contributed by atoms with E-state index in [9.17, 15) is 9.59 Å². The normalized spacial score (nSPS) is 12.4. The highest BCUT2D eigenvalue weighted by Crippen LogP contribution is 2.32. The van der Waals surface area contributed by atoms with Gasteiger partial charge < -0.3 is 5.32 Å². The van der Waals surface area contributed by atoms with Gasteiger partial charge in [-0.1, -0.05) is 35.2 Å². The Morgan fingerprint density at radius 3 is 2.48 bits per heavy atom. The number of rotatable bonds is 7. The van der Waals surface area contributed by atoms with Crippen molar-refractivity contribution in [2.24, 2.45) is 0 Å². The molecule has 1 aromatic carbocycles. The van der Waals surface area contributed by atoms with Crippen LogP contribution in [0.3, 0.4) is 0 Å². The predicted molar refractivity (Wildman–Crippen MR) is 117 cm³/mol. The van der Waals surface area contributed by atoms with Crippen LogP contribution in [0.4, 0.5) is 5.69 Å². The van der Waals surface area contributed by atoms with Gasteiger partial charge in [-0.3, -0.25) is 14.5 Å². The van der Waals surface area contributed by atoms with Crippen LogP contribution < -0.4 is 10.2 Å². The smallest absolute Gasteiger partial charge is 0.280 e. The maximum absolute atomic E-state index is 13.4. The summed E-state index contributed by atoms with van der Waals surface area (Å²) < 4.78 is 3.82. The molecule has 0 fully saturated rings. The summed E-state index contributed by atoms with van der Waals surface area (Å²) in [4.78, 5) is 29.2. The number of carbonyl (C=O) groups excluding carboxylic acids is 2. The third-order valence-corrected chi connectivity index (χ3v) is 6.20. The molecule has 2 aromatic heterocycles. The fourth-order valence-corrected chi connectivity index (χ4v) is 4.02. The summed E-state index contributed by atoms with van der Waals surface area (Å²) in [7, 11) is 0. The Kier molecular flexibility index (Phi) is 6.44. The van der Waals surface area contributed by atoms with Crippen molar-refractivity contribution >= 4 is 40.4 Å². The van der Waals surface area contributed by atoms with Gasteiger partial charge in [0.1, 0.15) is 0 Å². The summed E-state index contributed by atoms with van der Waals surface area (Å²) in [5.74, 6) is -0.582. The van der Waals surface area contributed by atoms with E-state index in [1.165, 1.54) is 16.2 Å². The fourth-order valence-electron chi connectivity index (χ4n) is 2.78. The van der Waals surface area contributed by atoms with E-state index in [-0.39, 0.29) is 17.5 Å². The molecular formula is C21H24N4O2S2. The summed E-state index contributed by atoms with van der Waals surface area (Å²) in [6, 6.07) is 10.5. The highest BCUT2D eigenvalue weighted by Gasteiger charge is 2.36. The number of aromatic nitrogens is 2. The second-order valence-electron chi connectivity index (χ2n) is 7.45. The molecule has 2 amide bonds. The van der Waals surface area contributed by atoms with Crippen molar-refractivity contribution in [1.82, 2.24) is 14.9 Å². The third-order valence-electron chi connectivity index (χ3n) is 4.77. The van der Waals surface area contributed by atoms with E-state index >= 15 is 0 Å². The SMILES string of the molecule is CCC(C)(C)NC(=O)[C@@H](c1cccs1)N(C(=O)c1csnn1)c1ccc(C)cc1. The first-order valence-corrected chi connectivity index (χ1v) is 11.1. The molecule has 152 valence electrons. The number of aryl methyl sites for hydroxylation is 1. The van der Waals surface area contributed by atoms with Crippen LogP contribution >= 0.6 is 22.9 Å². The number of hydrogen-bond acceptors (Lipinski definition) is 6. The van der Waals surface area contributed by atoms with Gasteiger partial charge in [0.2, 0.25) is 5.91 Å². The number of nitrogens with zero attached hydrogens (tertiary/aromatic N) is 3. The maximum atomic E-state index is 13.4. The monoisotopic (exact) mass is 428 g/mol. The Balaban J connectivity index is 2.10. The molecule has 0 saturated carbocycles. The van der Waals surface area contributed by atoms with E-state index in [2.05, 4.69) is 14.9 Å². The molecule has 29 heavy (non-hydrogen) atoms. The number of thiophene rings is 1. The molecule has 2 heterocycles. The Morgan fingerprint density at radius 2 is 1.93 bits per heavy atom. The van der Waals surface area contributed by atoms with Crippen LogP contribution in [0.15, 0.2) is 47.2 Å². The zero-order valence-corrected chi connectivity index (χ0v) is 18.5. The maximum Gasteiger partial charge on any atom is 0.280 e. The van der Waals surface area contributed by atoms with Crippen LogP contribution in [-0.4, -0.2) is 26.9 Å². The van der Waals surface area contributed by atoms with Crippen molar-refractivity contribution in [1.29, 1.82) is 0 Å². The summed E-state index contributed by atoms with van der Waals surface area (Å²) in [6.45, 7) is 7.94. The predicted octanol–water partition coefficient (Wildman–Crippen LogP) is 4.60. The Labute approximate surface area is 178 Å². The largest absolute Gasteiger partial charge is 0.349 e. The van der Waals surface area contributed by atoms with Crippen molar-refractivity contribution < 1.29 is 9.59 Å². The molecule has 1 N–H and O–H groups in total. The number of nitrogens with one attached hydrogen (secondary N) is 1. The first kappa shape index (κ1) is 21.1. The summed E-state index contributed by atoms with van der Waals surface area (Å²) in [6.07, 6.45) is 0.768. The lowest BCUT2D eigenvalue weighted by molar-refractivity contribution is -0.124. The minimum Gasteiger partial charge on any atom is -0.349 e. The van der Waals surface area contributed by atoms with Crippen molar-refractivity contribution in [3.63, 3.8) is 0 Å². The lowest BCUT2D eigenvalue weighted by Gasteiger charge is -2.33. The van der Waals surface area contributed by atoms with Crippen molar-refractivity contribution in [2.75, 3.05) is 4.90 Å². The lowest BCUT2D eigenvalue weighted by Crippen LogP contribution is -2.50. The van der Waals surface area contributed by atoms with Crippen molar-refractivity contribution in [3.8, 4) is 0 Å². The summed E-state index contributed by atoms with van der Waals surface area (Å²) >= 11 is 2.55. The van der Waals surface area contributed by atoms with Gasteiger partial charge in [0.15, 0.2) is 11.7 Å². The van der Waals surface area contributed by atoms with E-state index in [1.54, 1.807) is 5.38 Å². The number of amides is 2. The second-order valence-corrected chi connectivity index (χ2v) is 9.03. The van der Waals surface area contributed by atoms with Crippen molar-refractivity contribution in [2.45, 2.75) is 45.7 Å². The number of anilines is 1. The molecule has 0 spiro atoms. The molecular weight excluding hydrogens is 404 g/mol. The zero-order chi connectivity index (χ0) is 21.0. The summed E-state index contributed by atoms with van der Waals surface area (Å²) in [5, 5.41) is 10.5. The first-order chi connectivity index (χ1) is 13.8. The molecule has 0 aliphatic heterocycles. The molecule has 0 aliphatic carbocycles. The average molecular weight is 429 g/mol. The van der Waals surface area contributed by atoms with Gasteiger partial charge in [0.25, 0.3) is 5.91 Å². The van der Waals surface area contributed by atoms with Gasteiger partial charge in [-0.2, -0.15) is 0 Å². The van der Waals surface area contributed by atoms with E-state index in [4.69, 9.17) is 0 Å². The molecule has 0 saturated heterocycles. The topological polar surface area (TPSA) is 75.2 Å². The fraction of sp³-hybridized carbons (Fsp3) is 0.333. The van der Waals surface area contributed by atoms with E-state index in [1.807, 2.05) is 69.5 Å². The minimum atomic E-state index is -0.808. The van der Waals surface area contributed by atoms with E-state index in [0.29, 0.717) is 5.69 Å². The minimum absolute atomic E-state index is 0.222. The molecule has 8 heteroatoms. The Hall–Kier alpha value is -2.58. The molecule has 6 nitrogen and oxygen atoms in total. The zero-order valence-electron chi connectivity index (χ0n) is 16.9. The molecule has 0 radical (unpaired) electrons. The van der Waals surface area contributed by atoms with Gasteiger partial charge in [-0.15, -0.1) is 16.4 Å². The Morgan fingerprint density at radius 1 is 1.21 bits per heavy atom. The van der Waals surface area contributed by atoms with E-state index < -0.39 is 11.6 Å².